The SMILES string of the molecule is CC(C)C(=O)N[C@@H](CC1CCCCC1)C(=O)N(C)C#N. The van der Waals surface area contributed by atoms with Gasteiger partial charge in [0, 0.05) is 13.0 Å². The molecule has 0 aromatic heterocycles. The van der Waals surface area contributed by atoms with Crippen LogP contribution in [0.15, 0.2) is 0 Å². The van der Waals surface area contributed by atoms with Gasteiger partial charge in [0.05, 0.1) is 0 Å². The van der Waals surface area contributed by atoms with Crippen LogP contribution in [0.5, 0.6) is 0 Å². The Morgan fingerprint density at radius 2 is 1.90 bits per heavy atom. The largest absolute Gasteiger partial charge is 0.344 e. The maximum atomic E-state index is 12.2. The minimum absolute atomic E-state index is 0.134. The topological polar surface area (TPSA) is 73.2 Å². The van der Waals surface area contributed by atoms with Crippen molar-refractivity contribution in [2.45, 2.75) is 58.4 Å². The molecule has 1 rings (SSSR count). The van der Waals surface area contributed by atoms with E-state index < -0.39 is 6.04 Å². The van der Waals surface area contributed by atoms with E-state index in [1.165, 1.54) is 26.3 Å². The number of likely N-dealkylation sites (N-methyl/N-ethyl adjacent to an activating group) is 1. The standard InChI is InChI=1S/C15H25N3O2/c1-11(2)14(19)17-13(15(20)18(3)10-16)9-12-7-5-4-6-8-12/h11-13H,4-9H2,1-3H3,(H,17,19)/t13-/m0/s1. The summed E-state index contributed by atoms with van der Waals surface area (Å²) in [5.74, 6) is -0.140. The van der Waals surface area contributed by atoms with E-state index in [4.69, 9.17) is 5.26 Å². The first-order valence-corrected chi connectivity index (χ1v) is 7.43. The van der Waals surface area contributed by atoms with Crippen molar-refractivity contribution in [2.24, 2.45) is 11.8 Å². The minimum Gasteiger partial charge on any atom is -0.344 e. The van der Waals surface area contributed by atoms with Crippen molar-refractivity contribution >= 4 is 11.8 Å². The summed E-state index contributed by atoms with van der Waals surface area (Å²) in [4.78, 5) is 25.0. The van der Waals surface area contributed by atoms with Crippen molar-refractivity contribution in [3.63, 3.8) is 0 Å². The van der Waals surface area contributed by atoms with E-state index in [9.17, 15) is 9.59 Å². The summed E-state index contributed by atoms with van der Waals surface area (Å²) in [5, 5.41) is 11.6. The lowest BCUT2D eigenvalue weighted by Gasteiger charge is -2.27. The molecule has 0 unspecified atom stereocenters. The van der Waals surface area contributed by atoms with Gasteiger partial charge in [0.1, 0.15) is 6.04 Å². The maximum absolute atomic E-state index is 12.2. The second-order valence-electron chi connectivity index (χ2n) is 5.95. The molecule has 112 valence electrons. The Labute approximate surface area is 121 Å². The van der Waals surface area contributed by atoms with Gasteiger partial charge in [-0.1, -0.05) is 46.0 Å². The summed E-state index contributed by atoms with van der Waals surface area (Å²) in [6, 6.07) is -0.572. The molecule has 5 heteroatoms. The normalized spacial score (nSPS) is 17.4. The van der Waals surface area contributed by atoms with Gasteiger partial charge in [0.25, 0.3) is 5.91 Å². The Kier molecular flexibility index (Phi) is 6.50. The van der Waals surface area contributed by atoms with E-state index in [0.29, 0.717) is 12.3 Å². The molecule has 1 N–H and O–H groups in total. The Balaban J connectivity index is 2.70. The minimum atomic E-state index is -0.572. The third kappa shape index (κ3) is 4.84. The molecule has 1 fully saturated rings. The zero-order valence-electron chi connectivity index (χ0n) is 12.7. The molecule has 1 aliphatic rings. The first-order valence-electron chi connectivity index (χ1n) is 7.43. The number of nitriles is 1. The van der Waals surface area contributed by atoms with Gasteiger partial charge in [0.15, 0.2) is 6.19 Å². The average Bonchev–Trinajstić information content (AvgIpc) is 2.45. The van der Waals surface area contributed by atoms with Gasteiger partial charge < -0.3 is 5.32 Å². The quantitative estimate of drug-likeness (QED) is 0.618. The predicted octanol–water partition coefficient (Wildman–Crippen LogP) is 2.04. The monoisotopic (exact) mass is 279 g/mol. The van der Waals surface area contributed by atoms with E-state index in [0.717, 1.165) is 17.7 Å². The Bertz CT molecular complexity index is 381. The number of rotatable bonds is 5. The molecule has 1 aliphatic carbocycles. The molecular weight excluding hydrogens is 254 g/mol. The van der Waals surface area contributed by atoms with Crippen LogP contribution < -0.4 is 5.32 Å². The van der Waals surface area contributed by atoms with Gasteiger partial charge in [-0.15, -0.1) is 0 Å². The zero-order valence-corrected chi connectivity index (χ0v) is 12.7. The van der Waals surface area contributed by atoms with Crippen LogP contribution >= 0.6 is 0 Å². The number of hydrogen-bond donors (Lipinski definition) is 1. The molecule has 0 aromatic rings. The zero-order chi connectivity index (χ0) is 15.1. The molecule has 0 radical (unpaired) electrons. The molecule has 1 saturated carbocycles. The van der Waals surface area contributed by atoms with E-state index in [1.807, 2.05) is 6.19 Å². The molecule has 0 spiro atoms. The highest BCUT2D eigenvalue weighted by atomic mass is 16.2. The van der Waals surface area contributed by atoms with Crippen molar-refractivity contribution < 1.29 is 9.59 Å². The fourth-order valence-corrected chi connectivity index (χ4v) is 2.60. The average molecular weight is 279 g/mol. The summed E-state index contributed by atoms with van der Waals surface area (Å²) in [6.45, 7) is 3.59. The van der Waals surface area contributed by atoms with Crippen molar-refractivity contribution in [1.29, 1.82) is 5.26 Å². The Morgan fingerprint density at radius 1 is 1.30 bits per heavy atom. The van der Waals surface area contributed by atoms with Crippen LogP contribution in [-0.4, -0.2) is 29.8 Å². The van der Waals surface area contributed by atoms with E-state index in [-0.39, 0.29) is 17.7 Å². The van der Waals surface area contributed by atoms with Crippen molar-refractivity contribution in [2.75, 3.05) is 7.05 Å². The van der Waals surface area contributed by atoms with E-state index >= 15 is 0 Å². The van der Waals surface area contributed by atoms with Crippen molar-refractivity contribution in [3.8, 4) is 6.19 Å². The molecule has 20 heavy (non-hydrogen) atoms. The lowest BCUT2D eigenvalue weighted by atomic mass is 9.84. The van der Waals surface area contributed by atoms with Crippen LogP contribution in [0.3, 0.4) is 0 Å². The summed E-state index contributed by atoms with van der Waals surface area (Å²) in [5.41, 5.74) is 0. The first-order chi connectivity index (χ1) is 9.45. The highest BCUT2D eigenvalue weighted by molar-refractivity contribution is 5.88. The molecule has 0 aliphatic heterocycles. The van der Waals surface area contributed by atoms with Crippen LogP contribution in [-0.2, 0) is 9.59 Å². The van der Waals surface area contributed by atoms with Gasteiger partial charge in [-0.3, -0.25) is 14.5 Å². The second kappa shape index (κ2) is 7.88. The highest BCUT2D eigenvalue weighted by Gasteiger charge is 2.28. The summed E-state index contributed by atoms with van der Waals surface area (Å²) in [7, 11) is 1.44. The van der Waals surface area contributed by atoms with Crippen LogP contribution in [0.4, 0.5) is 0 Å². The summed E-state index contributed by atoms with van der Waals surface area (Å²) >= 11 is 0. The number of carbonyl (C=O) groups excluding carboxylic acids is 2. The number of hydrogen-bond acceptors (Lipinski definition) is 3. The lowest BCUT2D eigenvalue weighted by Crippen LogP contribution is -2.48. The van der Waals surface area contributed by atoms with Gasteiger partial charge >= 0.3 is 0 Å². The van der Waals surface area contributed by atoms with Gasteiger partial charge in [-0.2, -0.15) is 5.26 Å². The Morgan fingerprint density at radius 3 is 2.40 bits per heavy atom. The van der Waals surface area contributed by atoms with Crippen molar-refractivity contribution in [1.82, 2.24) is 10.2 Å². The lowest BCUT2D eigenvalue weighted by molar-refractivity contribution is -0.134. The molecule has 0 aromatic carbocycles. The number of amides is 2. The predicted molar refractivity (Wildman–Crippen MR) is 76.3 cm³/mol. The number of carbonyl (C=O) groups is 2. The summed E-state index contributed by atoms with van der Waals surface area (Å²) < 4.78 is 0. The molecular formula is C15H25N3O2. The summed E-state index contributed by atoms with van der Waals surface area (Å²) in [6.07, 6.45) is 8.32. The van der Waals surface area contributed by atoms with Crippen LogP contribution in [0.2, 0.25) is 0 Å². The maximum Gasteiger partial charge on any atom is 0.257 e. The smallest absolute Gasteiger partial charge is 0.257 e. The van der Waals surface area contributed by atoms with Gasteiger partial charge in [-0.05, 0) is 12.3 Å². The molecule has 2 amide bonds. The molecule has 1 atom stereocenters. The first kappa shape index (κ1) is 16.5. The fraction of sp³-hybridized carbons (Fsp3) is 0.800. The van der Waals surface area contributed by atoms with E-state index in [2.05, 4.69) is 5.32 Å². The van der Waals surface area contributed by atoms with Gasteiger partial charge in [0.2, 0.25) is 5.91 Å². The number of nitrogens with one attached hydrogen (secondary N) is 1. The van der Waals surface area contributed by atoms with Crippen molar-refractivity contribution in [3.05, 3.63) is 0 Å². The third-order valence-electron chi connectivity index (χ3n) is 3.91. The molecule has 0 bridgehead atoms. The molecule has 0 saturated heterocycles. The van der Waals surface area contributed by atoms with Gasteiger partial charge in [-0.25, -0.2) is 0 Å². The molecule has 0 heterocycles. The Hall–Kier alpha value is -1.57. The molecule has 5 nitrogen and oxygen atoms in total. The number of nitrogens with zero attached hydrogens (tertiary/aromatic N) is 2. The fourth-order valence-electron chi connectivity index (χ4n) is 2.60. The third-order valence-corrected chi connectivity index (χ3v) is 3.91. The highest BCUT2D eigenvalue weighted by Crippen LogP contribution is 2.27. The second-order valence-corrected chi connectivity index (χ2v) is 5.95. The van der Waals surface area contributed by atoms with Crippen LogP contribution in [0.25, 0.3) is 0 Å². The van der Waals surface area contributed by atoms with Crippen LogP contribution in [0.1, 0.15) is 52.4 Å². The van der Waals surface area contributed by atoms with Crippen LogP contribution in [0, 0.1) is 23.3 Å². The van der Waals surface area contributed by atoms with E-state index in [1.54, 1.807) is 13.8 Å².